The highest BCUT2D eigenvalue weighted by Gasteiger charge is 2.21. The molecule has 0 N–H and O–H groups in total. The zero-order valence-electron chi connectivity index (χ0n) is 20.6. The highest BCUT2D eigenvalue weighted by Crippen LogP contribution is 2.32. The molecule has 5 rings (SSSR count). The van der Waals surface area contributed by atoms with E-state index in [0.29, 0.717) is 22.3 Å². The van der Waals surface area contributed by atoms with Crippen LogP contribution in [0.4, 0.5) is 0 Å². The minimum atomic E-state index is -0.0330. The van der Waals surface area contributed by atoms with Gasteiger partial charge in [0.05, 0.1) is 5.69 Å². The summed E-state index contributed by atoms with van der Waals surface area (Å²) in [6.45, 7) is 8.01. The average molecular weight is 485 g/mol. The molecule has 0 unspecified atom stereocenters. The van der Waals surface area contributed by atoms with E-state index in [-0.39, 0.29) is 11.6 Å². The van der Waals surface area contributed by atoms with E-state index in [1.165, 1.54) is 17.3 Å². The van der Waals surface area contributed by atoms with Crippen LogP contribution in [0.1, 0.15) is 36.9 Å². The number of nitrogens with zero attached hydrogens (tertiary/aromatic N) is 4. The fourth-order valence-corrected chi connectivity index (χ4v) is 5.35. The summed E-state index contributed by atoms with van der Waals surface area (Å²) in [5.41, 5.74) is 6.29. The average Bonchev–Trinajstić information content (AvgIpc) is 3.38. The Morgan fingerprint density at radius 2 is 1.69 bits per heavy atom. The Morgan fingerprint density at radius 3 is 2.37 bits per heavy atom. The predicted octanol–water partition coefficient (Wildman–Crippen LogP) is 6.55. The fourth-order valence-electron chi connectivity index (χ4n) is 4.23. The number of fused-ring (bicyclic) bond motifs is 1. The maximum atomic E-state index is 13.6. The minimum Gasteiger partial charge on any atom is -0.441 e. The van der Waals surface area contributed by atoms with Gasteiger partial charge in [-0.25, -0.2) is 9.97 Å². The van der Waals surface area contributed by atoms with Crippen molar-refractivity contribution in [2.75, 3.05) is 0 Å². The molecule has 7 heteroatoms. The molecule has 3 aromatic heterocycles. The Morgan fingerprint density at radius 1 is 0.971 bits per heavy atom. The van der Waals surface area contributed by atoms with Gasteiger partial charge in [0, 0.05) is 36.2 Å². The summed E-state index contributed by atoms with van der Waals surface area (Å²) in [7, 11) is 1.90. The molecule has 0 radical (unpaired) electrons. The maximum absolute atomic E-state index is 13.6. The Balaban J connectivity index is 1.55. The zero-order chi connectivity index (χ0) is 24.7. The first-order chi connectivity index (χ1) is 16.8. The van der Waals surface area contributed by atoms with E-state index in [1.54, 1.807) is 4.57 Å². The smallest absolute Gasteiger partial charge is 0.278 e. The van der Waals surface area contributed by atoms with Crippen molar-refractivity contribution < 1.29 is 4.42 Å². The Bertz CT molecular complexity index is 1560. The highest BCUT2D eigenvalue weighted by molar-refractivity contribution is 7.98. The van der Waals surface area contributed by atoms with Crippen molar-refractivity contribution >= 4 is 22.8 Å². The van der Waals surface area contributed by atoms with Crippen LogP contribution in [-0.2, 0) is 12.8 Å². The van der Waals surface area contributed by atoms with Gasteiger partial charge in [0.15, 0.2) is 5.16 Å². The molecule has 0 saturated carbocycles. The molecule has 0 aliphatic heterocycles. The number of rotatable bonds is 6. The summed E-state index contributed by atoms with van der Waals surface area (Å²) in [6.07, 6.45) is 1.99. The largest absolute Gasteiger partial charge is 0.441 e. The first-order valence-electron chi connectivity index (χ1n) is 11.7. The van der Waals surface area contributed by atoms with E-state index < -0.39 is 0 Å². The number of aryl methyl sites for hydroxylation is 3. The first kappa shape index (κ1) is 23.2. The molecule has 6 nitrogen and oxygen atoms in total. The molecule has 5 aromatic rings. The number of hydrogen-bond donors (Lipinski definition) is 0. The van der Waals surface area contributed by atoms with Crippen LogP contribution in [0.3, 0.4) is 0 Å². The monoisotopic (exact) mass is 484 g/mol. The summed E-state index contributed by atoms with van der Waals surface area (Å²) in [5, 5.41) is 0.681. The summed E-state index contributed by atoms with van der Waals surface area (Å²) in [6, 6.07) is 18.2. The van der Waals surface area contributed by atoms with E-state index in [0.717, 1.165) is 33.7 Å². The number of oxazole rings is 1. The maximum Gasteiger partial charge on any atom is 0.278 e. The van der Waals surface area contributed by atoms with E-state index in [4.69, 9.17) is 14.4 Å². The lowest BCUT2D eigenvalue weighted by Gasteiger charge is -2.15. The molecular formula is C28H28N4O2S. The molecule has 2 aromatic carbocycles. The van der Waals surface area contributed by atoms with Crippen molar-refractivity contribution in [3.63, 3.8) is 0 Å². The second-order valence-corrected chi connectivity index (χ2v) is 10.00. The molecule has 0 atom stereocenters. The van der Waals surface area contributed by atoms with Crippen LogP contribution in [0, 0.1) is 13.8 Å². The Labute approximate surface area is 208 Å². The second-order valence-electron chi connectivity index (χ2n) is 9.06. The van der Waals surface area contributed by atoms with E-state index in [2.05, 4.69) is 6.92 Å². The van der Waals surface area contributed by atoms with Gasteiger partial charge in [0.2, 0.25) is 5.89 Å². The highest BCUT2D eigenvalue weighted by atomic mass is 32.2. The van der Waals surface area contributed by atoms with Crippen LogP contribution in [0.15, 0.2) is 75.2 Å². The summed E-state index contributed by atoms with van der Waals surface area (Å²) < 4.78 is 9.62. The van der Waals surface area contributed by atoms with Gasteiger partial charge >= 0.3 is 0 Å². The minimum absolute atomic E-state index is 0.0292. The number of benzene rings is 2. The molecule has 3 heterocycles. The Hall–Kier alpha value is -3.58. The van der Waals surface area contributed by atoms with Crippen LogP contribution in [0.25, 0.3) is 33.6 Å². The van der Waals surface area contributed by atoms with Gasteiger partial charge in [0.1, 0.15) is 16.8 Å². The van der Waals surface area contributed by atoms with Crippen molar-refractivity contribution in [2.45, 2.75) is 44.6 Å². The molecule has 0 spiro atoms. The predicted molar refractivity (Wildman–Crippen MR) is 142 cm³/mol. The molecule has 0 bridgehead atoms. The number of hydrogen-bond acceptors (Lipinski definition) is 5. The van der Waals surface area contributed by atoms with Gasteiger partial charge < -0.3 is 8.98 Å². The summed E-state index contributed by atoms with van der Waals surface area (Å²) >= 11 is 1.52. The summed E-state index contributed by atoms with van der Waals surface area (Å²) in [5.74, 6) is 1.94. The standard InChI is InChI=1S/C28H28N4O2S/c1-17(2)32-27(33)25-24(22(15-31(25)5)20-9-7-6-8-10-20)30-28(32)35-16-23-19(4)34-26(29-23)21-13-11-18(3)12-14-21/h6-15,17H,16H2,1-5H3. The number of thioether (sulfide) groups is 1. The van der Waals surface area contributed by atoms with Gasteiger partial charge in [-0.1, -0.05) is 59.8 Å². The molecule has 0 saturated heterocycles. The number of aromatic nitrogens is 4. The zero-order valence-corrected chi connectivity index (χ0v) is 21.4. The van der Waals surface area contributed by atoms with Crippen molar-refractivity contribution in [3.8, 4) is 22.6 Å². The third-order valence-electron chi connectivity index (χ3n) is 6.12. The lowest BCUT2D eigenvalue weighted by Crippen LogP contribution is -2.26. The molecule has 178 valence electrons. The van der Waals surface area contributed by atoms with E-state index in [1.807, 2.05) is 93.2 Å². The van der Waals surface area contributed by atoms with Crippen LogP contribution in [-0.4, -0.2) is 19.1 Å². The van der Waals surface area contributed by atoms with Gasteiger partial charge in [0.25, 0.3) is 5.56 Å². The van der Waals surface area contributed by atoms with Crippen LogP contribution < -0.4 is 5.56 Å². The van der Waals surface area contributed by atoms with Gasteiger partial charge in [-0.05, 0) is 45.4 Å². The molecule has 35 heavy (non-hydrogen) atoms. The summed E-state index contributed by atoms with van der Waals surface area (Å²) in [4.78, 5) is 23.4. The fraction of sp³-hybridized carbons (Fsp3) is 0.250. The van der Waals surface area contributed by atoms with Gasteiger partial charge in [-0.3, -0.25) is 9.36 Å². The molecule has 0 amide bonds. The molecule has 0 fully saturated rings. The topological polar surface area (TPSA) is 65.8 Å². The van der Waals surface area contributed by atoms with E-state index in [9.17, 15) is 4.79 Å². The third kappa shape index (κ3) is 4.32. The van der Waals surface area contributed by atoms with Crippen molar-refractivity contribution in [1.82, 2.24) is 19.1 Å². The van der Waals surface area contributed by atoms with Crippen LogP contribution >= 0.6 is 11.8 Å². The van der Waals surface area contributed by atoms with Crippen molar-refractivity contribution in [2.24, 2.45) is 7.05 Å². The second kappa shape index (κ2) is 9.23. The van der Waals surface area contributed by atoms with Crippen LogP contribution in [0.5, 0.6) is 0 Å². The lowest BCUT2D eigenvalue weighted by molar-refractivity contribution is 0.517. The SMILES string of the molecule is Cc1ccc(-c2nc(CSc3nc4c(-c5ccccc5)cn(C)c4c(=O)n3C(C)C)c(C)o2)cc1. The molecule has 0 aliphatic carbocycles. The van der Waals surface area contributed by atoms with Gasteiger partial charge in [-0.15, -0.1) is 0 Å². The molecular weight excluding hydrogens is 456 g/mol. The van der Waals surface area contributed by atoms with Gasteiger partial charge in [-0.2, -0.15) is 0 Å². The third-order valence-corrected chi connectivity index (χ3v) is 7.08. The van der Waals surface area contributed by atoms with Crippen LogP contribution in [0.2, 0.25) is 0 Å². The first-order valence-corrected chi connectivity index (χ1v) is 12.6. The Kier molecular flexibility index (Phi) is 6.11. The van der Waals surface area contributed by atoms with Crippen molar-refractivity contribution in [1.29, 1.82) is 0 Å². The van der Waals surface area contributed by atoms with Crippen molar-refractivity contribution in [3.05, 3.63) is 88.2 Å². The quantitative estimate of drug-likeness (QED) is 0.202. The lowest BCUT2D eigenvalue weighted by atomic mass is 10.1. The molecule has 0 aliphatic rings. The van der Waals surface area contributed by atoms with E-state index >= 15 is 0 Å². The normalized spacial score (nSPS) is 11.6.